The Labute approximate surface area is 77.0 Å². The molecule has 0 radical (unpaired) electrons. The van der Waals surface area contributed by atoms with E-state index in [0.29, 0.717) is 0 Å². The molecule has 0 saturated heterocycles. The molecule has 0 spiro atoms. The van der Waals surface area contributed by atoms with Crippen LogP contribution >= 0.6 is 0 Å². The highest BCUT2D eigenvalue weighted by Gasteiger charge is 2.01. The molecule has 0 fully saturated rings. The fourth-order valence-electron chi connectivity index (χ4n) is 0.349. The van der Waals surface area contributed by atoms with Crippen molar-refractivity contribution in [1.29, 1.82) is 0 Å². The van der Waals surface area contributed by atoms with Crippen LogP contribution in [0, 0.1) is 5.92 Å². The van der Waals surface area contributed by atoms with Gasteiger partial charge in [-0.3, -0.25) is 4.79 Å². The number of aliphatic hydroxyl groups is 1. The summed E-state index contributed by atoms with van der Waals surface area (Å²) in [6.07, 6.45) is -0.954. The van der Waals surface area contributed by atoms with Gasteiger partial charge in [0.15, 0.2) is 0 Å². The highest BCUT2D eigenvalue weighted by molar-refractivity contribution is 5.71. The van der Waals surface area contributed by atoms with Crippen molar-refractivity contribution >= 4 is 11.9 Å². The van der Waals surface area contributed by atoms with Crippen LogP contribution in [0.5, 0.6) is 0 Å². The molecular formula is C8H16O5. The van der Waals surface area contributed by atoms with Crippen LogP contribution in [-0.2, 0) is 9.59 Å². The first kappa shape index (κ1) is 14.4. The maximum absolute atomic E-state index is 9.81. The van der Waals surface area contributed by atoms with Crippen LogP contribution in [0.1, 0.15) is 27.2 Å². The Hall–Kier alpha value is -1.10. The van der Waals surface area contributed by atoms with Crippen LogP contribution in [0.2, 0.25) is 0 Å². The van der Waals surface area contributed by atoms with Gasteiger partial charge in [-0.05, 0) is 12.8 Å². The molecule has 5 heteroatoms. The van der Waals surface area contributed by atoms with Gasteiger partial charge in [0.25, 0.3) is 0 Å². The number of carboxylic acids is 2. The molecule has 0 aromatic rings. The molecule has 0 rings (SSSR count). The van der Waals surface area contributed by atoms with Crippen molar-refractivity contribution in [2.75, 3.05) is 0 Å². The number of aliphatic carboxylic acids is 2. The van der Waals surface area contributed by atoms with Crippen LogP contribution in [0.15, 0.2) is 0 Å². The molecule has 0 bridgehead atoms. The molecule has 13 heavy (non-hydrogen) atoms. The average molecular weight is 192 g/mol. The molecule has 0 heterocycles. The van der Waals surface area contributed by atoms with E-state index in [-0.39, 0.29) is 12.3 Å². The number of rotatable bonds is 3. The second-order valence-electron chi connectivity index (χ2n) is 3.01. The van der Waals surface area contributed by atoms with E-state index in [2.05, 4.69) is 0 Å². The predicted octanol–water partition coefficient (Wildman–Crippen LogP) is 0.569. The van der Waals surface area contributed by atoms with Gasteiger partial charge in [-0.25, -0.2) is 4.79 Å². The van der Waals surface area contributed by atoms with E-state index in [1.807, 2.05) is 13.8 Å². The zero-order chi connectivity index (χ0) is 11.0. The Morgan fingerprint density at radius 3 is 1.46 bits per heavy atom. The first-order chi connectivity index (χ1) is 5.77. The summed E-state index contributed by atoms with van der Waals surface area (Å²) in [4.78, 5) is 19.3. The molecule has 0 aliphatic rings. The lowest BCUT2D eigenvalue weighted by Gasteiger charge is -1.94. The maximum atomic E-state index is 9.81. The Morgan fingerprint density at radius 2 is 1.46 bits per heavy atom. The van der Waals surface area contributed by atoms with Gasteiger partial charge in [-0.1, -0.05) is 13.8 Å². The lowest BCUT2D eigenvalue weighted by Crippen LogP contribution is -2.13. The van der Waals surface area contributed by atoms with Crippen LogP contribution in [-0.4, -0.2) is 33.4 Å². The Bertz CT molecular complexity index is 162. The number of aliphatic hydroxyl groups excluding tert-OH is 1. The van der Waals surface area contributed by atoms with Gasteiger partial charge >= 0.3 is 11.9 Å². The summed E-state index contributed by atoms with van der Waals surface area (Å²) >= 11 is 0. The van der Waals surface area contributed by atoms with Gasteiger partial charge in [-0.15, -0.1) is 0 Å². The smallest absolute Gasteiger partial charge is 0.332 e. The zero-order valence-corrected chi connectivity index (χ0v) is 8.02. The van der Waals surface area contributed by atoms with Gasteiger partial charge in [0.1, 0.15) is 6.10 Å². The first-order valence-corrected chi connectivity index (χ1v) is 3.90. The monoisotopic (exact) mass is 192 g/mol. The van der Waals surface area contributed by atoms with Crippen LogP contribution < -0.4 is 0 Å². The normalized spacial score (nSPS) is 11.5. The molecule has 0 amide bonds. The lowest BCUT2D eigenvalue weighted by molar-refractivity contribution is -0.145. The third kappa shape index (κ3) is 18.1. The summed E-state index contributed by atoms with van der Waals surface area (Å²) in [6.45, 7) is 4.96. The summed E-state index contributed by atoms with van der Waals surface area (Å²) in [5.41, 5.74) is 0. The van der Waals surface area contributed by atoms with Gasteiger partial charge < -0.3 is 15.3 Å². The van der Waals surface area contributed by atoms with Crippen molar-refractivity contribution in [3.8, 4) is 0 Å². The largest absolute Gasteiger partial charge is 0.481 e. The van der Waals surface area contributed by atoms with E-state index in [9.17, 15) is 9.59 Å². The van der Waals surface area contributed by atoms with Crippen molar-refractivity contribution in [2.45, 2.75) is 33.3 Å². The van der Waals surface area contributed by atoms with Gasteiger partial charge in [0.2, 0.25) is 0 Å². The van der Waals surface area contributed by atoms with Gasteiger partial charge in [-0.2, -0.15) is 0 Å². The van der Waals surface area contributed by atoms with Crippen molar-refractivity contribution in [2.24, 2.45) is 5.92 Å². The van der Waals surface area contributed by atoms with E-state index < -0.39 is 18.0 Å². The summed E-state index contributed by atoms with van der Waals surface area (Å²) in [7, 11) is 0. The fourth-order valence-corrected chi connectivity index (χ4v) is 0.349. The minimum absolute atomic E-state index is 0.275. The van der Waals surface area contributed by atoms with Crippen LogP contribution in [0.4, 0.5) is 0 Å². The summed E-state index contributed by atoms with van der Waals surface area (Å²) in [5, 5.41) is 23.9. The van der Waals surface area contributed by atoms with Crippen molar-refractivity contribution in [1.82, 2.24) is 0 Å². The lowest BCUT2D eigenvalue weighted by atomic mass is 10.1. The highest BCUT2D eigenvalue weighted by Crippen LogP contribution is 1.96. The molecule has 0 aliphatic carbocycles. The standard InChI is InChI=1S/C5H10O2.C3H6O3/c1-4(2)3-5(6)7;1-2(4)3(5)6/h4H,3H2,1-2H3,(H,6,7);2,4H,1H3,(H,5,6). The Balaban J connectivity index is 0. The van der Waals surface area contributed by atoms with E-state index in [1.54, 1.807) is 0 Å². The molecule has 3 N–H and O–H groups in total. The molecule has 78 valence electrons. The molecule has 5 nitrogen and oxygen atoms in total. The minimum Gasteiger partial charge on any atom is -0.481 e. The molecule has 1 atom stereocenters. The topological polar surface area (TPSA) is 94.8 Å². The van der Waals surface area contributed by atoms with E-state index in [4.69, 9.17) is 15.3 Å². The highest BCUT2D eigenvalue weighted by atomic mass is 16.4. The summed E-state index contributed by atoms with van der Waals surface area (Å²) in [6, 6.07) is 0. The maximum Gasteiger partial charge on any atom is 0.332 e. The average Bonchev–Trinajstić information content (AvgIpc) is 1.84. The Morgan fingerprint density at radius 1 is 1.15 bits per heavy atom. The van der Waals surface area contributed by atoms with Crippen molar-refractivity contribution in [3.05, 3.63) is 0 Å². The molecule has 0 aromatic carbocycles. The summed E-state index contributed by atoms with van der Waals surface area (Å²) < 4.78 is 0. The quantitative estimate of drug-likeness (QED) is 0.607. The predicted molar refractivity (Wildman–Crippen MR) is 46.4 cm³/mol. The summed E-state index contributed by atoms with van der Waals surface area (Å²) in [5.74, 6) is -1.62. The molecule has 0 aliphatic heterocycles. The van der Waals surface area contributed by atoms with Crippen LogP contribution in [0.3, 0.4) is 0 Å². The SMILES string of the molecule is CC(C)CC(=O)O.CC(O)C(=O)O. The third-order valence-corrected chi connectivity index (χ3v) is 0.940. The Kier molecular flexibility index (Phi) is 8.37. The molecule has 1 unspecified atom stereocenters. The molecular weight excluding hydrogens is 176 g/mol. The number of carbonyl (C=O) groups is 2. The van der Waals surface area contributed by atoms with Crippen LogP contribution in [0.25, 0.3) is 0 Å². The fraction of sp³-hybridized carbons (Fsp3) is 0.750. The molecule has 0 saturated carbocycles. The third-order valence-electron chi connectivity index (χ3n) is 0.940. The molecule has 0 aromatic heterocycles. The van der Waals surface area contributed by atoms with Crippen molar-refractivity contribution in [3.63, 3.8) is 0 Å². The van der Waals surface area contributed by atoms with E-state index in [1.165, 1.54) is 6.92 Å². The second kappa shape index (κ2) is 7.54. The van der Waals surface area contributed by atoms with Gasteiger partial charge in [0.05, 0.1) is 0 Å². The number of hydrogen-bond acceptors (Lipinski definition) is 3. The number of hydrogen-bond donors (Lipinski definition) is 3. The minimum atomic E-state index is -1.23. The second-order valence-corrected chi connectivity index (χ2v) is 3.01. The van der Waals surface area contributed by atoms with E-state index >= 15 is 0 Å². The van der Waals surface area contributed by atoms with E-state index in [0.717, 1.165) is 0 Å². The number of carboxylic acid groups (broad SMARTS) is 2. The first-order valence-electron chi connectivity index (χ1n) is 3.90. The zero-order valence-electron chi connectivity index (χ0n) is 8.02. The van der Waals surface area contributed by atoms with Crippen molar-refractivity contribution < 1.29 is 24.9 Å². The van der Waals surface area contributed by atoms with Gasteiger partial charge in [0, 0.05) is 6.42 Å².